The summed E-state index contributed by atoms with van der Waals surface area (Å²) < 4.78 is 5.50. The van der Waals surface area contributed by atoms with Crippen LogP contribution in [0.15, 0.2) is 18.2 Å². The Morgan fingerprint density at radius 3 is 2.86 bits per heavy atom. The quantitative estimate of drug-likeness (QED) is 0.587. The summed E-state index contributed by atoms with van der Waals surface area (Å²) in [5, 5.41) is 22.0. The van der Waals surface area contributed by atoms with Gasteiger partial charge >= 0.3 is 0 Å². The maximum absolute atomic E-state index is 9.57. The maximum atomic E-state index is 9.57. The van der Waals surface area contributed by atoms with Gasteiger partial charge in [0.15, 0.2) is 11.5 Å². The van der Waals surface area contributed by atoms with Gasteiger partial charge in [0.05, 0.1) is 6.10 Å². The van der Waals surface area contributed by atoms with E-state index in [-0.39, 0.29) is 23.8 Å². The van der Waals surface area contributed by atoms with E-state index in [9.17, 15) is 10.2 Å². The number of benzene rings is 1. The number of hydrogen-bond donors (Lipinski definition) is 3. The predicted octanol–water partition coefficient (Wildman–Crippen LogP) is 1.10. The first-order chi connectivity index (χ1) is 6.68. The molecule has 1 aliphatic rings. The lowest BCUT2D eigenvalue weighted by Crippen LogP contribution is -2.14. The van der Waals surface area contributed by atoms with Gasteiger partial charge in [-0.1, -0.05) is 12.1 Å². The van der Waals surface area contributed by atoms with E-state index in [1.165, 1.54) is 6.07 Å². The number of nitrogens with one attached hydrogen (secondary N) is 1. The molecule has 0 aromatic heterocycles. The van der Waals surface area contributed by atoms with Crippen molar-refractivity contribution < 1.29 is 14.9 Å². The molecule has 0 radical (unpaired) electrons. The summed E-state index contributed by atoms with van der Waals surface area (Å²) >= 11 is 0. The molecule has 0 bridgehead atoms. The molecule has 14 heavy (non-hydrogen) atoms. The molecule has 3 N–H and O–H groups in total. The Labute approximate surface area is 82.1 Å². The van der Waals surface area contributed by atoms with Gasteiger partial charge in [0.1, 0.15) is 6.23 Å². The lowest BCUT2D eigenvalue weighted by Gasteiger charge is -2.13. The summed E-state index contributed by atoms with van der Waals surface area (Å²) in [5.41, 5.74) is 0.578. The van der Waals surface area contributed by atoms with E-state index >= 15 is 0 Å². The van der Waals surface area contributed by atoms with Crippen molar-refractivity contribution in [3.8, 4) is 11.5 Å². The first-order valence-corrected chi connectivity index (χ1v) is 4.58. The highest BCUT2D eigenvalue weighted by atomic mass is 16.5. The zero-order valence-corrected chi connectivity index (χ0v) is 7.90. The highest BCUT2D eigenvalue weighted by Gasteiger charge is 2.25. The number of phenols is 2. The standard InChI is InChI=1S/C10H13NO3/c1-6-5-11-10(14-6)7-3-2-4-8(12)9(7)13/h2-4,6,10-13H,5H2,1H3. The number of ether oxygens (including phenoxy) is 1. The summed E-state index contributed by atoms with van der Waals surface area (Å²) in [5.74, 6) is -0.230. The zero-order chi connectivity index (χ0) is 10.1. The highest BCUT2D eigenvalue weighted by Crippen LogP contribution is 2.34. The Morgan fingerprint density at radius 1 is 1.43 bits per heavy atom. The Morgan fingerprint density at radius 2 is 2.21 bits per heavy atom. The van der Waals surface area contributed by atoms with Crippen LogP contribution in [0.4, 0.5) is 0 Å². The van der Waals surface area contributed by atoms with Gasteiger partial charge in [-0.3, -0.25) is 5.32 Å². The second-order valence-corrected chi connectivity index (χ2v) is 3.45. The molecule has 2 atom stereocenters. The smallest absolute Gasteiger partial charge is 0.164 e. The highest BCUT2D eigenvalue weighted by molar-refractivity contribution is 5.45. The third-order valence-electron chi connectivity index (χ3n) is 2.29. The molecule has 0 saturated carbocycles. The van der Waals surface area contributed by atoms with Crippen LogP contribution in [0, 0.1) is 0 Å². The van der Waals surface area contributed by atoms with Crippen molar-refractivity contribution in [2.45, 2.75) is 19.3 Å². The molecule has 2 unspecified atom stereocenters. The fourth-order valence-corrected chi connectivity index (χ4v) is 1.55. The van der Waals surface area contributed by atoms with Crippen LogP contribution in [-0.4, -0.2) is 22.9 Å². The normalized spacial score (nSPS) is 26.6. The average molecular weight is 195 g/mol. The van der Waals surface area contributed by atoms with Crippen LogP contribution in [0.5, 0.6) is 11.5 Å². The van der Waals surface area contributed by atoms with Crippen molar-refractivity contribution in [1.82, 2.24) is 5.32 Å². The molecule has 1 heterocycles. The van der Waals surface area contributed by atoms with Gasteiger partial charge in [0.25, 0.3) is 0 Å². The predicted molar refractivity (Wildman–Crippen MR) is 51.1 cm³/mol. The molecule has 76 valence electrons. The molecule has 4 nitrogen and oxygen atoms in total. The zero-order valence-electron chi connectivity index (χ0n) is 7.90. The van der Waals surface area contributed by atoms with E-state index in [4.69, 9.17) is 4.74 Å². The average Bonchev–Trinajstić information content (AvgIpc) is 2.57. The van der Waals surface area contributed by atoms with Crippen molar-refractivity contribution in [2.75, 3.05) is 6.54 Å². The molecule has 0 amide bonds. The number of aromatic hydroxyl groups is 2. The lowest BCUT2D eigenvalue weighted by molar-refractivity contribution is 0.0493. The third kappa shape index (κ3) is 1.54. The van der Waals surface area contributed by atoms with Gasteiger partial charge in [-0.05, 0) is 13.0 Å². The van der Waals surface area contributed by atoms with Crippen LogP contribution < -0.4 is 5.32 Å². The van der Waals surface area contributed by atoms with Gasteiger partial charge in [0, 0.05) is 12.1 Å². The van der Waals surface area contributed by atoms with E-state index in [0.29, 0.717) is 5.56 Å². The Balaban J connectivity index is 2.28. The van der Waals surface area contributed by atoms with Crippen LogP contribution in [-0.2, 0) is 4.74 Å². The second-order valence-electron chi connectivity index (χ2n) is 3.45. The molecule has 4 heteroatoms. The van der Waals surface area contributed by atoms with Crippen LogP contribution >= 0.6 is 0 Å². The van der Waals surface area contributed by atoms with Gasteiger partial charge in [-0.15, -0.1) is 0 Å². The Hall–Kier alpha value is -1.26. The topological polar surface area (TPSA) is 61.7 Å². The van der Waals surface area contributed by atoms with Crippen molar-refractivity contribution in [2.24, 2.45) is 0 Å². The molecule has 1 aromatic rings. The fourth-order valence-electron chi connectivity index (χ4n) is 1.55. The minimum Gasteiger partial charge on any atom is -0.504 e. The maximum Gasteiger partial charge on any atom is 0.164 e. The number of rotatable bonds is 1. The molecule has 2 rings (SSSR count). The summed E-state index contributed by atoms with van der Waals surface area (Å²) in [6, 6.07) is 4.85. The molecule has 1 aromatic carbocycles. The molecule has 0 spiro atoms. The first-order valence-electron chi connectivity index (χ1n) is 4.58. The second kappa shape index (κ2) is 3.48. The van der Waals surface area contributed by atoms with Crippen LogP contribution in [0.25, 0.3) is 0 Å². The summed E-state index contributed by atoms with van der Waals surface area (Å²) in [4.78, 5) is 0. The van der Waals surface area contributed by atoms with Crippen LogP contribution in [0.1, 0.15) is 18.7 Å². The fraction of sp³-hybridized carbons (Fsp3) is 0.400. The molecule has 1 fully saturated rings. The van der Waals surface area contributed by atoms with Crippen molar-refractivity contribution >= 4 is 0 Å². The van der Waals surface area contributed by atoms with Crippen molar-refractivity contribution in [3.63, 3.8) is 0 Å². The lowest BCUT2D eigenvalue weighted by atomic mass is 10.1. The summed E-state index contributed by atoms with van der Waals surface area (Å²) in [6.45, 7) is 2.70. The van der Waals surface area contributed by atoms with Gasteiger partial charge < -0.3 is 14.9 Å². The molecule has 1 aliphatic heterocycles. The Kier molecular flexibility index (Phi) is 2.31. The molecule has 0 aliphatic carbocycles. The Bertz CT molecular complexity index is 340. The summed E-state index contributed by atoms with van der Waals surface area (Å²) in [7, 11) is 0. The van der Waals surface area contributed by atoms with Gasteiger partial charge in [-0.2, -0.15) is 0 Å². The van der Waals surface area contributed by atoms with E-state index < -0.39 is 0 Å². The third-order valence-corrected chi connectivity index (χ3v) is 2.29. The minimum absolute atomic E-state index is 0.112. The molecular formula is C10H13NO3. The van der Waals surface area contributed by atoms with Gasteiger partial charge in [-0.25, -0.2) is 0 Å². The minimum atomic E-state index is -0.322. The first kappa shape index (κ1) is 9.30. The molecular weight excluding hydrogens is 182 g/mol. The van der Waals surface area contributed by atoms with E-state index in [1.807, 2.05) is 6.92 Å². The number of hydrogen-bond acceptors (Lipinski definition) is 4. The number of phenolic OH excluding ortho intramolecular Hbond substituents is 2. The van der Waals surface area contributed by atoms with E-state index in [1.54, 1.807) is 12.1 Å². The summed E-state index contributed by atoms with van der Waals surface area (Å²) in [6.07, 6.45) is -0.196. The molecule has 1 saturated heterocycles. The van der Waals surface area contributed by atoms with Crippen molar-refractivity contribution in [1.29, 1.82) is 0 Å². The largest absolute Gasteiger partial charge is 0.504 e. The number of para-hydroxylation sites is 1. The van der Waals surface area contributed by atoms with Crippen LogP contribution in [0.2, 0.25) is 0 Å². The van der Waals surface area contributed by atoms with Crippen molar-refractivity contribution in [3.05, 3.63) is 23.8 Å². The van der Waals surface area contributed by atoms with E-state index in [0.717, 1.165) is 6.54 Å². The monoisotopic (exact) mass is 195 g/mol. The van der Waals surface area contributed by atoms with E-state index in [2.05, 4.69) is 5.32 Å². The van der Waals surface area contributed by atoms with Gasteiger partial charge in [0.2, 0.25) is 0 Å². The van der Waals surface area contributed by atoms with Crippen LogP contribution in [0.3, 0.4) is 0 Å². The SMILES string of the molecule is CC1CNC(c2cccc(O)c2O)O1.